The SMILES string of the molecule is CC(C)(C(=O)O)c1csc(NCCC(F)(F)F)n1. The predicted molar refractivity (Wildman–Crippen MR) is 61.9 cm³/mol. The predicted octanol–water partition coefficient (Wildman–Crippen LogP) is 2.87. The fourth-order valence-electron chi connectivity index (χ4n) is 1.06. The van der Waals surface area contributed by atoms with Crippen molar-refractivity contribution in [2.24, 2.45) is 0 Å². The zero-order chi connectivity index (χ0) is 14.0. The van der Waals surface area contributed by atoms with Gasteiger partial charge in [0.05, 0.1) is 12.1 Å². The number of halogens is 3. The van der Waals surface area contributed by atoms with Crippen LogP contribution in [0.4, 0.5) is 18.3 Å². The lowest BCUT2D eigenvalue weighted by Gasteiger charge is -2.15. The van der Waals surface area contributed by atoms with Gasteiger partial charge in [-0.15, -0.1) is 11.3 Å². The van der Waals surface area contributed by atoms with Gasteiger partial charge in [0.2, 0.25) is 0 Å². The summed E-state index contributed by atoms with van der Waals surface area (Å²) in [6.45, 7) is 2.71. The zero-order valence-electron chi connectivity index (χ0n) is 9.84. The summed E-state index contributed by atoms with van der Waals surface area (Å²) in [6, 6.07) is 0. The van der Waals surface area contributed by atoms with E-state index in [0.29, 0.717) is 10.8 Å². The highest BCUT2D eigenvalue weighted by atomic mass is 32.1. The Balaban J connectivity index is 2.62. The molecule has 2 N–H and O–H groups in total. The molecular formula is C10H13F3N2O2S. The summed E-state index contributed by atoms with van der Waals surface area (Å²) < 4.78 is 35.8. The van der Waals surface area contributed by atoms with Crippen LogP contribution in [0.15, 0.2) is 5.38 Å². The molecule has 8 heteroatoms. The van der Waals surface area contributed by atoms with Gasteiger partial charge in [0.15, 0.2) is 5.13 Å². The van der Waals surface area contributed by atoms with E-state index in [9.17, 15) is 18.0 Å². The summed E-state index contributed by atoms with van der Waals surface area (Å²) >= 11 is 1.09. The lowest BCUT2D eigenvalue weighted by molar-refractivity contribution is -0.142. The van der Waals surface area contributed by atoms with E-state index in [2.05, 4.69) is 10.3 Å². The van der Waals surface area contributed by atoms with Gasteiger partial charge < -0.3 is 10.4 Å². The Hall–Kier alpha value is -1.31. The quantitative estimate of drug-likeness (QED) is 0.871. The van der Waals surface area contributed by atoms with E-state index >= 15 is 0 Å². The van der Waals surface area contributed by atoms with Crippen molar-refractivity contribution in [3.63, 3.8) is 0 Å². The lowest BCUT2D eigenvalue weighted by Crippen LogP contribution is -2.28. The molecule has 0 aliphatic heterocycles. The molecule has 1 rings (SSSR count). The van der Waals surface area contributed by atoms with Crippen LogP contribution < -0.4 is 5.32 Å². The second-order valence-corrected chi connectivity index (χ2v) is 5.12. The molecule has 1 aromatic rings. The number of carboxylic acids is 1. The van der Waals surface area contributed by atoms with Crippen molar-refractivity contribution in [2.75, 3.05) is 11.9 Å². The standard InChI is InChI=1S/C10H13F3N2O2S/c1-9(2,7(16)17)6-5-18-8(15-6)14-4-3-10(11,12)13/h5H,3-4H2,1-2H3,(H,14,15)(H,16,17). The van der Waals surface area contributed by atoms with E-state index in [1.165, 1.54) is 19.2 Å². The molecule has 102 valence electrons. The van der Waals surface area contributed by atoms with E-state index in [1.807, 2.05) is 0 Å². The first kappa shape index (κ1) is 14.7. The monoisotopic (exact) mass is 282 g/mol. The number of aromatic nitrogens is 1. The van der Waals surface area contributed by atoms with Gasteiger partial charge in [0.25, 0.3) is 0 Å². The molecule has 1 aromatic heterocycles. The van der Waals surface area contributed by atoms with Crippen LogP contribution in [0.2, 0.25) is 0 Å². The van der Waals surface area contributed by atoms with Gasteiger partial charge in [-0.05, 0) is 13.8 Å². The average Bonchev–Trinajstić information content (AvgIpc) is 2.64. The van der Waals surface area contributed by atoms with Crippen LogP contribution in [0.1, 0.15) is 26.0 Å². The molecule has 0 saturated heterocycles. The maximum atomic E-state index is 11.9. The maximum absolute atomic E-state index is 11.9. The van der Waals surface area contributed by atoms with E-state index in [-0.39, 0.29) is 6.54 Å². The summed E-state index contributed by atoms with van der Waals surface area (Å²) in [5.74, 6) is -1.03. The summed E-state index contributed by atoms with van der Waals surface area (Å²) in [5, 5.41) is 13.3. The van der Waals surface area contributed by atoms with Gasteiger partial charge in [-0.25, -0.2) is 4.98 Å². The highest BCUT2D eigenvalue weighted by Crippen LogP contribution is 2.27. The van der Waals surface area contributed by atoms with Crippen molar-refractivity contribution < 1.29 is 23.1 Å². The number of anilines is 1. The van der Waals surface area contributed by atoms with E-state index in [0.717, 1.165) is 11.3 Å². The molecule has 0 aliphatic rings. The molecule has 0 atom stereocenters. The Kier molecular flexibility index (Phi) is 4.20. The highest BCUT2D eigenvalue weighted by Gasteiger charge is 2.32. The number of alkyl halides is 3. The van der Waals surface area contributed by atoms with Crippen LogP contribution in [0.5, 0.6) is 0 Å². The number of aliphatic carboxylic acids is 1. The molecule has 0 amide bonds. The molecule has 0 aliphatic carbocycles. The van der Waals surface area contributed by atoms with Gasteiger partial charge in [-0.1, -0.05) is 0 Å². The van der Waals surface area contributed by atoms with Crippen LogP contribution in [0.25, 0.3) is 0 Å². The van der Waals surface area contributed by atoms with Gasteiger partial charge in [0.1, 0.15) is 5.41 Å². The molecule has 4 nitrogen and oxygen atoms in total. The first-order valence-corrected chi connectivity index (χ1v) is 6.01. The number of nitrogens with zero attached hydrogens (tertiary/aromatic N) is 1. The maximum Gasteiger partial charge on any atom is 0.390 e. The van der Waals surface area contributed by atoms with Crippen molar-refractivity contribution in [3.8, 4) is 0 Å². The van der Waals surface area contributed by atoms with Crippen LogP contribution in [0.3, 0.4) is 0 Å². The Morgan fingerprint density at radius 2 is 2.11 bits per heavy atom. The first-order chi connectivity index (χ1) is 8.13. The van der Waals surface area contributed by atoms with E-state index < -0.39 is 24.0 Å². The van der Waals surface area contributed by atoms with Crippen molar-refractivity contribution in [3.05, 3.63) is 11.1 Å². The normalized spacial score (nSPS) is 12.5. The largest absolute Gasteiger partial charge is 0.481 e. The van der Waals surface area contributed by atoms with Crippen LogP contribution in [-0.2, 0) is 10.2 Å². The lowest BCUT2D eigenvalue weighted by atomic mass is 9.90. The second-order valence-electron chi connectivity index (χ2n) is 4.26. The number of rotatable bonds is 5. The van der Waals surface area contributed by atoms with E-state index in [4.69, 9.17) is 5.11 Å². The van der Waals surface area contributed by atoms with Crippen LogP contribution in [0, 0.1) is 0 Å². The number of nitrogens with one attached hydrogen (secondary N) is 1. The number of hydrogen-bond acceptors (Lipinski definition) is 4. The summed E-state index contributed by atoms with van der Waals surface area (Å²) in [4.78, 5) is 15.0. The van der Waals surface area contributed by atoms with Crippen molar-refractivity contribution in [1.82, 2.24) is 4.98 Å². The first-order valence-electron chi connectivity index (χ1n) is 5.13. The molecule has 18 heavy (non-hydrogen) atoms. The van der Waals surface area contributed by atoms with Crippen LogP contribution >= 0.6 is 11.3 Å². The minimum Gasteiger partial charge on any atom is -0.481 e. The molecule has 0 aromatic carbocycles. The van der Waals surface area contributed by atoms with Crippen molar-refractivity contribution >= 4 is 22.4 Å². The topological polar surface area (TPSA) is 62.2 Å². The summed E-state index contributed by atoms with van der Waals surface area (Å²) in [5.41, 5.74) is -0.824. The molecule has 1 heterocycles. The fourth-order valence-corrected chi connectivity index (χ4v) is 1.97. The Morgan fingerprint density at radius 1 is 1.50 bits per heavy atom. The molecule has 0 saturated carbocycles. The molecule has 0 radical (unpaired) electrons. The minimum absolute atomic E-state index is 0.274. The summed E-state index contributed by atoms with van der Waals surface area (Å²) in [7, 11) is 0. The Morgan fingerprint density at radius 3 is 2.61 bits per heavy atom. The van der Waals surface area contributed by atoms with Gasteiger partial charge in [0, 0.05) is 11.9 Å². The highest BCUT2D eigenvalue weighted by molar-refractivity contribution is 7.13. The van der Waals surface area contributed by atoms with Gasteiger partial charge >= 0.3 is 12.1 Å². The Bertz CT molecular complexity index is 429. The van der Waals surface area contributed by atoms with Gasteiger partial charge in [-0.3, -0.25) is 4.79 Å². The molecule has 0 fully saturated rings. The number of carbonyl (C=O) groups is 1. The molecule has 0 bridgehead atoms. The van der Waals surface area contributed by atoms with E-state index in [1.54, 1.807) is 0 Å². The Labute approximate surface area is 106 Å². The number of carboxylic acid groups (broad SMARTS) is 1. The average molecular weight is 282 g/mol. The molecular weight excluding hydrogens is 269 g/mol. The third-order valence-electron chi connectivity index (χ3n) is 2.36. The van der Waals surface area contributed by atoms with Crippen LogP contribution in [-0.4, -0.2) is 28.8 Å². The third kappa shape index (κ3) is 3.86. The second kappa shape index (κ2) is 5.13. The zero-order valence-corrected chi connectivity index (χ0v) is 10.7. The third-order valence-corrected chi connectivity index (χ3v) is 3.16. The minimum atomic E-state index is -4.21. The molecule has 0 unspecified atom stereocenters. The number of hydrogen-bond donors (Lipinski definition) is 2. The van der Waals surface area contributed by atoms with Gasteiger partial charge in [-0.2, -0.15) is 13.2 Å². The van der Waals surface area contributed by atoms with Crippen molar-refractivity contribution in [1.29, 1.82) is 0 Å². The number of thiazole rings is 1. The fraction of sp³-hybridized carbons (Fsp3) is 0.600. The van der Waals surface area contributed by atoms with Crippen molar-refractivity contribution in [2.45, 2.75) is 31.9 Å². The summed E-state index contributed by atoms with van der Waals surface area (Å²) in [6.07, 6.45) is -5.17. The molecule has 0 spiro atoms. The smallest absolute Gasteiger partial charge is 0.390 e.